The van der Waals surface area contributed by atoms with Crippen molar-refractivity contribution in [3.63, 3.8) is 0 Å². The molecule has 1 saturated heterocycles. The first kappa shape index (κ1) is 21.9. The zero-order valence-electron chi connectivity index (χ0n) is 15.5. The van der Waals surface area contributed by atoms with E-state index >= 15 is 8.78 Å². The molecule has 6 nitrogen and oxygen atoms in total. The second kappa shape index (κ2) is 6.11. The van der Waals surface area contributed by atoms with Crippen molar-refractivity contribution in [3.05, 3.63) is 33.8 Å². The van der Waals surface area contributed by atoms with Crippen LogP contribution < -0.4 is 11.1 Å². The van der Waals surface area contributed by atoms with Crippen LogP contribution in [0, 0.1) is 5.41 Å². The lowest BCUT2D eigenvalue weighted by molar-refractivity contribution is -0.229. The molecule has 1 heterocycles. The van der Waals surface area contributed by atoms with Crippen LogP contribution in [0.4, 0.5) is 22.0 Å². The van der Waals surface area contributed by atoms with Gasteiger partial charge < -0.3 is 4.74 Å². The van der Waals surface area contributed by atoms with Crippen molar-refractivity contribution >= 4 is 27.8 Å². The Balaban J connectivity index is 2.18. The predicted molar refractivity (Wildman–Crippen MR) is 93.1 cm³/mol. The van der Waals surface area contributed by atoms with E-state index in [0.717, 1.165) is 13.1 Å². The highest BCUT2D eigenvalue weighted by molar-refractivity contribution is 9.10. The maximum absolute atomic E-state index is 15.1. The maximum Gasteiger partial charge on any atom is 0.491 e. The van der Waals surface area contributed by atoms with Crippen molar-refractivity contribution in [2.75, 3.05) is 7.05 Å². The molecule has 29 heavy (non-hydrogen) atoms. The Morgan fingerprint density at radius 3 is 2.41 bits per heavy atom. The highest BCUT2D eigenvalue weighted by atomic mass is 79.9. The number of nitrogens with one attached hydrogen (secondary N) is 1. The summed E-state index contributed by atoms with van der Waals surface area (Å²) in [4.78, 5) is 25.1. The molecule has 1 fully saturated rings. The van der Waals surface area contributed by atoms with Crippen molar-refractivity contribution < 1.29 is 36.3 Å². The van der Waals surface area contributed by atoms with Crippen LogP contribution in [0.5, 0.6) is 0 Å². The van der Waals surface area contributed by atoms with Gasteiger partial charge in [-0.05, 0) is 24.1 Å². The molecule has 1 aliphatic heterocycles. The summed E-state index contributed by atoms with van der Waals surface area (Å²) in [6.45, 7) is 2.46. The number of carbonyl (C=O) groups excluding carboxylic acids is 2. The molecule has 2 unspecified atom stereocenters. The molecule has 160 valence electrons. The van der Waals surface area contributed by atoms with E-state index in [9.17, 15) is 22.8 Å². The fraction of sp³-hybridized carbons (Fsp3) is 0.529. The van der Waals surface area contributed by atoms with Gasteiger partial charge in [0.05, 0.1) is 0 Å². The van der Waals surface area contributed by atoms with Gasteiger partial charge in [-0.2, -0.15) is 13.2 Å². The highest BCUT2D eigenvalue weighted by Gasteiger charge is 2.68. The van der Waals surface area contributed by atoms with E-state index in [1.165, 1.54) is 26.0 Å². The van der Waals surface area contributed by atoms with Crippen molar-refractivity contribution in [3.8, 4) is 0 Å². The van der Waals surface area contributed by atoms with Gasteiger partial charge in [-0.1, -0.05) is 35.8 Å². The first-order valence-electron chi connectivity index (χ1n) is 8.33. The summed E-state index contributed by atoms with van der Waals surface area (Å²) in [5.74, 6) is -9.57. The Morgan fingerprint density at radius 1 is 1.28 bits per heavy atom. The Hall–Kier alpha value is -1.79. The van der Waals surface area contributed by atoms with E-state index < -0.39 is 52.9 Å². The second-order valence-electron chi connectivity index (χ2n) is 7.80. The Kier molecular flexibility index (Phi) is 4.62. The molecule has 0 aromatic heterocycles. The monoisotopic (exact) mass is 485 g/mol. The van der Waals surface area contributed by atoms with E-state index in [0.29, 0.717) is 9.37 Å². The van der Waals surface area contributed by atoms with Crippen molar-refractivity contribution in [1.82, 2.24) is 10.2 Å². The van der Waals surface area contributed by atoms with Crippen LogP contribution in [-0.2, 0) is 25.8 Å². The number of likely N-dealkylation sites (N-methyl/N-ethyl adjacent to an activating group) is 1. The summed E-state index contributed by atoms with van der Waals surface area (Å²) in [7, 11) is 1.02. The average Bonchev–Trinajstić information content (AvgIpc) is 2.74. The van der Waals surface area contributed by atoms with Crippen LogP contribution >= 0.6 is 15.9 Å². The smallest absolute Gasteiger partial charge is 0.404 e. The molecule has 1 aliphatic carbocycles. The van der Waals surface area contributed by atoms with Crippen LogP contribution in [-0.4, -0.2) is 36.0 Å². The molecule has 1 spiro atoms. The van der Waals surface area contributed by atoms with Gasteiger partial charge in [0.25, 0.3) is 11.8 Å². The van der Waals surface area contributed by atoms with E-state index in [1.54, 1.807) is 0 Å². The number of alkyl halides is 5. The van der Waals surface area contributed by atoms with Gasteiger partial charge in [0.15, 0.2) is 0 Å². The molecule has 3 rings (SSSR count). The highest BCUT2D eigenvalue weighted by Crippen LogP contribution is 2.59. The number of nitrogens with zero attached hydrogens (tertiary/aromatic N) is 1. The molecule has 1 aromatic rings. The van der Waals surface area contributed by atoms with Crippen LogP contribution in [0.25, 0.3) is 0 Å². The fourth-order valence-corrected chi connectivity index (χ4v) is 4.21. The SMILES string of the molecule is CN1C(=O)C2(CC(C)(C)C(F)(F)c3ccc(Br)cc32)NC1(N)OC(=O)C(F)(F)F. The number of halogens is 6. The Labute approximate surface area is 170 Å². The van der Waals surface area contributed by atoms with Gasteiger partial charge in [0, 0.05) is 22.5 Å². The summed E-state index contributed by atoms with van der Waals surface area (Å²) >= 11 is 3.15. The summed E-state index contributed by atoms with van der Waals surface area (Å²) in [6.07, 6.45) is -5.88. The molecule has 2 atom stereocenters. The van der Waals surface area contributed by atoms with E-state index in [4.69, 9.17) is 5.73 Å². The summed E-state index contributed by atoms with van der Waals surface area (Å²) in [5.41, 5.74) is 1.45. The van der Waals surface area contributed by atoms with Crippen molar-refractivity contribution in [2.24, 2.45) is 11.1 Å². The number of fused-ring (bicyclic) bond motifs is 2. The first-order chi connectivity index (χ1) is 13.0. The lowest BCUT2D eigenvalue weighted by Crippen LogP contribution is -2.65. The zero-order valence-corrected chi connectivity index (χ0v) is 17.0. The maximum atomic E-state index is 15.1. The number of ether oxygens (including phenoxy) is 1. The third-order valence-electron chi connectivity index (χ3n) is 5.38. The van der Waals surface area contributed by atoms with Crippen molar-refractivity contribution in [2.45, 2.75) is 43.9 Å². The fourth-order valence-electron chi connectivity index (χ4n) is 3.85. The molecule has 1 amide bonds. The normalized spacial score (nSPS) is 30.4. The number of amides is 1. The van der Waals surface area contributed by atoms with Crippen LogP contribution in [0.3, 0.4) is 0 Å². The van der Waals surface area contributed by atoms with E-state index in [2.05, 4.69) is 26.0 Å². The Morgan fingerprint density at radius 2 is 1.86 bits per heavy atom. The summed E-state index contributed by atoms with van der Waals surface area (Å²) < 4.78 is 72.9. The molecule has 0 radical (unpaired) electrons. The lowest BCUT2D eigenvalue weighted by atomic mass is 9.63. The number of hydrogen-bond donors (Lipinski definition) is 2. The molecule has 1 aromatic carbocycles. The van der Waals surface area contributed by atoms with Crippen LogP contribution in [0.15, 0.2) is 22.7 Å². The molecular formula is C17H17BrF5N3O3. The van der Waals surface area contributed by atoms with Gasteiger partial charge >= 0.3 is 18.1 Å². The molecule has 2 aliphatic rings. The Bertz CT molecular complexity index is 907. The standard InChI is InChI=1S/C17H17BrF5N3O3/c1-13(2)7-14(10-6-8(18)4-5-9(10)15(13,19)20)11(27)26(3)17(24,25-14)29-12(28)16(21,22)23/h4-6,25H,7,24H2,1-3H3. The third kappa shape index (κ3) is 3.03. The number of esters is 1. The molecule has 12 heteroatoms. The summed E-state index contributed by atoms with van der Waals surface area (Å²) in [6, 6.07) is 3.77. The molecule has 0 bridgehead atoms. The average molecular weight is 486 g/mol. The van der Waals surface area contributed by atoms with Gasteiger partial charge in [0.2, 0.25) is 0 Å². The number of rotatable bonds is 1. The quantitative estimate of drug-likeness (QED) is 0.363. The minimum absolute atomic E-state index is 0.163. The molecule has 0 saturated carbocycles. The largest absolute Gasteiger partial charge is 0.491 e. The number of nitrogens with two attached hydrogens (primary N) is 1. The summed E-state index contributed by atoms with van der Waals surface area (Å²) in [5, 5.41) is 2.42. The first-order valence-corrected chi connectivity index (χ1v) is 9.12. The second-order valence-corrected chi connectivity index (χ2v) is 8.72. The molecular weight excluding hydrogens is 469 g/mol. The van der Waals surface area contributed by atoms with Gasteiger partial charge in [0.1, 0.15) is 5.54 Å². The van der Waals surface area contributed by atoms with Crippen LogP contribution in [0.1, 0.15) is 31.4 Å². The number of carbonyl (C=O) groups is 2. The zero-order chi connectivity index (χ0) is 22.2. The predicted octanol–water partition coefficient (Wildman–Crippen LogP) is 2.90. The number of benzene rings is 1. The van der Waals surface area contributed by atoms with Crippen LogP contribution in [0.2, 0.25) is 0 Å². The lowest BCUT2D eigenvalue weighted by Gasteiger charge is -2.47. The topological polar surface area (TPSA) is 84.7 Å². The van der Waals surface area contributed by atoms with E-state index in [1.807, 2.05) is 0 Å². The number of hydrogen-bond acceptors (Lipinski definition) is 5. The molecule has 3 N–H and O–H groups in total. The van der Waals surface area contributed by atoms with E-state index in [-0.39, 0.29) is 5.56 Å². The van der Waals surface area contributed by atoms with Crippen molar-refractivity contribution in [1.29, 1.82) is 0 Å². The minimum atomic E-state index is -5.37. The van der Waals surface area contributed by atoms with Gasteiger partial charge in [-0.15, -0.1) is 0 Å². The third-order valence-corrected chi connectivity index (χ3v) is 5.87. The van der Waals surface area contributed by atoms with Gasteiger partial charge in [-0.25, -0.2) is 18.9 Å². The van der Waals surface area contributed by atoms with Gasteiger partial charge in [-0.3, -0.25) is 15.4 Å². The minimum Gasteiger partial charge on any atom is -0.404 e.